The SMILES string of the molecule is O=C(OCCCOc1no[n+]([O-])c1S(=O)(=O)c1ccccc1)c1cc2c(cn1)[nH]c1ccccc12. The van der Waals surface area contributed by atoms with Gasteiger partial charge in [0.1, 0.15) is 5.69 Å². The van der Waals surface area contributed by atoms with E-state index >= 15 is 0 Å². The lowest BCUT2D eigenvalue weighted by Crippen LogP contribution is -2.31. The second-order valence-corrected chi connectivity index (χ2v) is 9.35. The number of fused-ring (bicyclic) bond motifs is 3. The average Bonchev–Trinajstić information content (AvgIpc) is 3.44. The van der Waals surface area contributed by atoms with Crippen molar-refractivity contribution in [1.82, 2.24) is 15.1 Å². The van der Waals surface area contributed by atoms with Crippen molar-refractivity contribution in [3.8, 4) is 5.88 Å². The minimum atomic E-state index is -4.20. The van der Waals surface area contributed by atoms with Gasteiger partial charge < -0.3 is 19.7 Å². The van der Waals surface area contributed by atoms with Gasteiger partial charge in [-0.2, -0.15) is 0 Å². The van der Waals surface area contributed by atoms with Gasteiger partial charge in [-0.05, 0) is 29.2 Å². The van der Waals surface area contributed by atoms with Crippen LogP contribution in [-0.2, 0) is 14.6 Å². The van der Waals surface area contributed by atoms with E-state index in [4.69, 9.17) is 9.47 Å². The molecule has 0 aliphatic rings. The molecular weight excluding hydrogens is 476 g/mol. The fourth-order valence-electron chi connectivity index (χ4n) is 3.57. The second-order valence-electron chi connectivity index (χ2n) is 7.48. The summed E-state index contributed by atoms with van der Waals surface area (Å²) in [5, 5.41) is 16.4. The van der Waals surface area contributed by atoms with Crippen molar-refractivity contribution >= 4 is 37.6 Å². The zero-order valence-electron chi connectivity index (χ0n) is 18.1. The molecule has 5 aromatic rings. The van der Waals surface area contributed by atoms with Crippen molar-refractivity contribution < 1.29 is 32.2 Å². The molecule has 0 aliphatic heterocycles. The van der Waals surface area contributed by atoms with Gasteiger partial charge in [0.05, 0.1) is 35.0 Å². The van der Waals surface area contributed by atoms with Crippen molar-refractivity contribution in [2.24, 2.45) is 0 Å². The maximum Gasteiger partial charge on any atom is 0.414 e. The first-order valence-electron chi connectivity index (χ1n) is 10.5. The molecule has 2 aromatic carbocycles. The van der Waals surface area contributed by atoms with Gasteiger partial charge in [0.2, 0.25) is 0 Å². The summed E-state index contributed by atoms with van der Waals surface area (Å²) in [4.78, 5) is 19.5. The van der Waals surface area contributed by atoms with Crippen molar-refractivity contribution in [3.05, 3.63) is 77.8 Å². The van der Waals surface area contributed by atoms with Gasteiger partial charge in [0, 0.05) is 22.7 Å². The summed E-state index contributed by atoms with van der Waals surface area (Å²) in [7, 11) is -4.20. The van der Waals surface area contributed by atoms with E-state index in [9.17, 15) is 18.4 Å². The standard InChI is InChI=1S/C23H18N4O7S/c28-23(19-13-17-16-9-4-5-10-18(16)25-20(17)14-24-19)33-12-6-11-32-21-22(27(29)34-26-21)35(30,31)15-7-2-1-3-8-15/h1-5,7-10,13-14,25H,6,11-12H2. The number of ether oxygens (including phenoxy) is 2. The van der Waals surface area contributed by atoms with Crippen molar-refractivity contribution in [1.29, 1.82) is 0 Å². The highest BCUT2D eigenvalue weighted by molar-refractivity contribution is 7.91. The maximum atomic E-state index is 12.7. The van der Waals surface area contributed by atoms with E-state index in [1.165, 1.54) is 24.3 Å². The Bertz CT molecular complexity index is 1630. The van der Waals surface area contributed by atoms with Crippen molar-refractivity contribution in [2.45, 2.75) is 16.3 Å². The summed E-state index contributed by atoms with van der Waals surface area (Å²) in [6, 6.07) is 16.7. The average molecular weight is 494 g/mol. The Balaban J connectivity index is 1.20. The number of carbonyl (C=O) groups excluding carboxylic acids is 1. The number of H-pyrrole nitrogens is 1. The summed E-state index contributed by atoms with van der Waals surface area (Å²) >= 11 is 0. The molecular formula is C23H18N4O7S. The molecule has 0 saturated carbocycles. The van der Waals surface area contributed by atoms with E-state index in [1.54, 1.807) is 18.3 Å². The monoisotopic (exact) mass is 494 g/mol. The van der Waals surface area contributed by atoms with Crippen LogP contribution < -0.4 is 9.64 Å². The number of carbonyl (C=O) groups is 1. The van der Waals surface area contributed by atoms with Crippen molar-refractivity contribution in [3.63, 3.8) is 0 Å². The number of sulfone groups is 1. The van der Waals surface area contributed by atoms with Crippen LogP contribution in [0.15, 0.2) is 81.4 Å². The van der Waals surface area contributed by atoms with Crippen LogP contribution in [0.5, 0.6) is 5.88 Å². The molecule has 12 heteroatoms. The van der Waals surface area contributed by atoms with E-state index in [0.717, 1.165) is 21.8 Å². The minimum absolute atomic E-state index is 0.0254. The van der Waals surface area contributed by atoms with Crippen LogP contribution in [0.3, 0.4) is 0 Å². The van der Waals surface area contributed by atoms with E-state index in [-0.39, 0.29) is 35.1 Å². The molecule has 0 amide bonds. The van der Waals surface area contributed by atoms with E-state index in [2.05, 4.69) is 19.8 Å². The van der Waals surface area contributed by atoms with Crippen LogP contribution in [0.2, 0.25) is 0 Å². The number of hydrogen-bond acceptors (Lipinski definition) is 9. The number of pyridine rings is 1. The summed E-state index contributed by atoms with van der Waals surface area (Å²) in [5.74, 6) is -1.08. The third kappa shape index (κ3) is 4.26. The zero-order valence-corrected chi connectivity index (χ0v) is 18.9. The molecule has 0 radical (unpaired) electrons. The highest BCUT2D eigenvalue weighted by atomic mass is 32.2. The molecule has 3 aromatic heterocycles. The lowest BCUT2D eigenvalue weighted by Gasteiger charge is -2.05. The molecule has 178 valence electrons. The zero-order chi connectivity index (χ0) is 24.4. The smallest absolute Gasteiger partial charge is 0.414 e. The lowest BCUT2D eigenvalue weighted by molar-refractivity contribution is -0.832. The van der Waals surface area contributed by atoms with Crippen LogP contribution in [0.4, 0.5) is 0 Å². The van der Waals surface area contributed by atoms with E-state index in [0.29, 0.717) is 0 Å². The van der Waals surface area contributed by atoms with Gasteiger partial charge in [-0.3, -0.25) is 4.63 Å². The highest BCUT2D eigenvalue weighted by Crippen LogP contribution is 2.26. The molecule has 11 nitrogen and oxygen atoms in total. The van der Waals surface area contributed by atoms with E-state index < -0.39 is 26.7 Å². The first-order chi connectivity index (χ1) is 16.9. The predicted molar refractivity (Wildman–Crippen MR) is 121 cm³/mol. The third-order valence-corrected chi connectivity index (χ3v) is 6.94. The Morgan fingerprint density at radius 1 is 1.03 bits per heavy atom. The fraction of sp³-hybridized carbons (Fsp3) is 0.130. The maximum absolute atomic E-state index is 12.7. The Morgan fingerprint density at radius 3 is 2.63 bits per heavy atom. The predicted octanol–water partition coefficient (Wildman–Crippen LogP) is 2.80. The molecule has 5 rings (SSSR count). The normalized spacial score (nSPS) is 11.7. The molecule has 0 atom stereocenters. The molecule has 3 heterocycles. The molecule has 35 heavy (non-hydrogen) atoms. The largest absolute Gasteiger partial charge is 0.461 e. The molecule has 0 saturated heterocycles. The summed E-state index contributed by atoms with van der Waals surface area (Å²) in [6.45, 7) is -0.103. The number of benzene rings is 2. The molecule has 0 aliphatic carbocycles. The van der Waals surface area contributed by atoms with Crippen molar-refractivity contribution in [2.75, 3.05) is 13.2 Å². The molecule has 1 N–H and O–H groups in total. The summed E-state index contributed by atoms with van der Waals surface area (Å²) in [5.41, 5.74) is 1.90. The number of hydrogen-bond donors (Lipinski definition) is 1. The molecule has 0 bridgehead atoms. The Labute approximate surface area is 198 Å². The van der Waals surface area contributed by atoms with Crippen LogP contribution in [0.25, 0.3) is 21.8 Å². The lowest BCUT2D eigenvalue weighted by atomic mass is 10.1. The first kappa shape index (κ1) is 22.3. The summed E-state index contributed by atoms with van der Waals surface area (Å²) in [6.07, 6.45) is 1.78. The summed E-state index contributed by atoms with van der Waals surface area (Å²) < 4.78 is 40.5. The van der Waals surface area contributed by atoms with Gasteiger partial charge >= 0.3 is 16.9 Å². The van der Waals surface area contributed by atoms with Crippen LogP contribution in [0.1, 0.15) is 16.9 Å². The number of aromatic amines is 1. The van der Waals surface area contributed by atoms with Crippen LogP contribution in [-0.4, -0.2) is 42.7 Å². The van der Waals surface area contributed by atoms with Gasteiger partial charge in [-0.25, -0.2) is 18.2 Å². The fourth-order valence-corrected chi connectivity index (χ4v) is 4.86. The van der Waals surface area contributed by atoms with Crippen LogP contribution >= 0.6 is 0 Å². The number of nitrogens with one attached hydrogen (secondary N) is 1. The number of aromatic nitrogens is 4. The minimum Gasteiger partial charge on any atom is -0.461 e. The number of nitrogens with zero attached hydrogens (tertiary/aromatic N) is 3. The van der Waals surface area contributed by atoms with Gasteiger partial charge in [0.15, 0.2) is 0 Å². The molecule has 0 unspecified atom stereocenters. The molecule has 0 fully saturated rings. The highest BCUT2D eigenvalue weighted by Gasteiger charge is 2.35. The van der Waals surface area contributed by atoms with E-state index in [1.807, 2.05) is 24.3 Å². The number of esters is 1. The van der Waals surface area contributed by atoms with Gasteiger partial charge in [0.25, 0.3) is 9.84 Å². The Morgan fingerprint density at radius 2 is 1.80 bits per heavy atom. The number of rotatable bonds is 8. The quantitative estimate of drug-likeness (QED) is 0.195. The number of para-hydroxylation sites is 1. The van der Waals surface area contributed by atoms with Gasteiger partial charge in [-0.15, -0.1) is 0 Å². The molecule has 0 spiro atoms. The first-order valence-corrected chi connectivity index (χ1v) is 12.0. The van der Waals surface area contributed by atoms with Gasteiger partial charge in [-0.1, -0.05) is 36.4 Å². The van der Waals surface area contributed by atoms with Crippen LogP contribution in [0, 0.1) is 5.21 Å². The second kappa shape index (κ2) is 9.06. The topological polar surface area (TPSA) is 151 Å². The Hall–Kier alpha value is -4.45. The Kier molecular flexibility index (Phi) is 5.79. The third-order valence-electron chi connectivity index (χ3n) is 5.22.